The second kappa shape index (κ2) is 22.7. The summed E-state index contributed by atoms with van der Waals surface area (Å²) in [6.45, 7) is 13.7. The van der Waals surface area contributed by atoms with Gasteiger partial charge in [0.2, 0.25) is 5.95 Å². The zero-order valence-corrected chi connectivity index (χ0v) is 49.9. The van der Waals surface area contributed by atoms with Crippen molar-refractivity contribution in [3.05, 3.63) is 278 Å². The van der Waals surface area contributed by atoms with Crippen LogP contribution in [0.15, 0.2) is 267 Å². The number of hydrogen-bond acceptors (Lipinski definition) is 10. The Bertz CT molecular complexity index is 4430. The highest BCUT2D eigenvalue weighted by Gasteiger charge is 2.36. The van der Waals surface area contributed by atoms with E-state index in [9.17, 15) is 0 Å². The van der Waals surface area contributed by atoms with Crippen molar-refractivity contribution in [2.45, 2.75) is 52.4 Å². The summed E-state index contributed by atoms with van der Waals surface area (Å²) in [5.74, 6) is 3.81. The molecule has 0 radical (unpaired) electrons. The van der Waals surface area contributed by atoms with Crippen LogP contribution in [-0.2, 0) is 10.8 Å². The highest BCUT2D eigenvalue weighted by molar-refractivity contribution is 6.07. The minimum Gasteiger partial charge on any atom is -0.305 e. The average Bonchev–Trinajstić information content (AvgIpc) is 0.900. The van der Waals surface area contributed by atoms with E-state index in [0.29, 0.717) is 46.6 Å². The second-order valence-corrected chi connectivity index (χ2v) is 24.1. The molecule has 0 atom stereocenters. The van der Waals surface area contributed by atoms with Crippen molar-refractivity contribution in [1.29, 1.82) is 0 Å². The van der Waals surface area contributed by atoms with Crippen LogP contribution in [0.25, 0.3) is 102 Å². The zero-order chi connectivity index (χ0) is 59.9. The highest BCUT2D eigenvalue weighted by atomic mass is 15.3. The fourth-order valence-corrected chi connectivity index (χ4v) is 11.4. The van der Waals surface area contributed by atoms with Crippen LogP contribution < -0.4 is 9.80 Å². The fraction of sp³-hybridized carbons (Fsp3) is 0.103. The molecule has 424 valence electrons. The number of aromatic nitrogens is 8. The van der Waals surface area contributed by atoms with E-state index in [1.807, 2.05) is 146 Å². The van der Waals surface area contributed by atoms with E-state index in [1.165, 1.54) is 11.1 Å². The van der Waals surface area contributed by atoms with Crippen molar-refractivity contribution < 1.29 is 0 Å². The first-order valence-corrected chi connectivity index (χ1v) is 29.8. The molecule has 0 amide bonds. The molecular formula is C78H62N10. The van der Waals surface area contributed by atoms with Gasteiger partial charge in [0.25, 0.3) is 0 Å². The molecular weight excluding hydrogens is 1080 g/mol. The first-order chi connectivity index (χ1) is 42.9. The van der Waals surface area contributed by atoms with Gasteiger partial charge in [-0.25, -0.2) is 29.9 Å². The number of anilines is 6. The lowest BCUT2D eigenvalue weighted by Crippen LogP contribution is -2.26. The zero-order valence-electron chi connectivity index (χ0n) is 49.9. The molecule has 0 saturated heterocycles. The minimum atomic E-state index is -0.228. The van der Waals surface area contributed by atoms with Crippen LogP contribution in [0.2, 0.25) is 0 Å². The second-order valence-electron chi connectivity index (χ2n) is 24.1. The summed E-state index contributed by atoms with van der Waals surface area (Å²) in [5, 5.41) is 0. The first-order valence-electron chi connectivity index (χ1n) is 29.8. The molecule has 0 spiro atoms. The van der Waals surface area contributed by atoms with Gasteiger partial charge in [-0.2, -0.15) is 9.97 Å². The van der Waals surface area contributed by atoms with Gasteiger partial charge in [-0.15, -0.1) is 0 Å². The summed E-state index contributed by atoms with van der Waals surface area (Å²) < 4.78 is 0. The van der Waals surface area contributed by atoms with Gasteiger partial charge >= 0.3 is 0 Å². The molecule has 0 N–H and O–H groups in total. The van der Waals surface area contributed by atoms with Crippen molar-refractivity contribution in [2.75, 3.05) is 9.80 Å². The van der Waals surface area contributed by atoms with E-state index in [4.69, 9.17) is 39.9 Å². The van der Waals surface area contributed by atoms with Gasteiger partial charge in [0.05, 0.1) is 39.8 Å². The van der Waals surface area contributed by atoms with Gasteiger partial charge in [-0.1, -0.05) is 266 Å². The molecule has 10 heteroatoms. The van der Waals surface area contributed by atoms with E-state index in [0.717, 1.165) is 89.8 Å². The molecule has 0 saturated carbocycles. The summed E-state index contributed by atoms with van der Waals surface area (Å²) >= 11 is 0. The van der Waals surface area contributed by atoms with Crippen molar-refractivity contribution in [2.24, 2.45) is 0 Å². The molecule has 0 fully saturated rings. The van der Waals surface area contributed by atoms with Gasteiger partial charge in [0, 0.05) is 50.1 Å². The Balaban J connectivity index is 1.12. The standard InChI is InChI=1S/C78H62N10/c1-77(2,3)59-45-57(46-60(49-59)78(4,5)6)61-47-58(75-82-71(53-33-17-9-18-34-53)81-72(83-75)54-35-19-10-20-36-54)48-62(64-50-63(51-29-13-7-14-30-51)79-70(80-64)52-31-15-8-16-32-52)69(61)87-65-41-25-27-43-67(65)88(68-44-28-26-42-66(68)87)76-85-73(55-37-21-11-22-38-55)84-74(86-76)56-39-23-12-24-40-56/h7-50H,1-6H3. The molecule has 3 aromatic heterocycles. The van der Waals surface area contributed by atoms with Gasteiger partial charge in [0.1, 0.15) is 0 Å². The van der Waals surface area contributed by atoms with Crippen LogP contribution in [0, 0.1) is 0 Å². The Morgan fingerprint density at radius 3 is 0.932 bits per heavy atom. The number of rotatable bonds is 11. The molecule has 10 nitrogen and oxygen atoms in total. The summed E-state index contributed by atoms with van der Waals surface area (Å²) in [6.07, 6.45) is 0. The van der Waals surface area contributed by atoms with E-state index in [1.54, 1.807) is 0 Å². The smallest absolute Gasteiger partial charge is 0.238 e. The third-order valence-electron chi connectivity index (χ3n) is 16.0. The monoisotopic (exact) mass is 1140 g/mol. The lowest BCUT2D eigenvalue weighted by molar-refractivity contribution is 0.569. The Labute approximate surface area is 513 Å². The Hall–Kier alpha value is -11.1. The number of para-hydroxylation sites is 4. The number of hydrogen-bond donors (Lipinski definition) is 0. The first kappa shape index (κ1) is 54.8. The van der Waals surface area contributed by atoms with Gasteiger partial charge in [-0.3, -0.25) is 4.90 Å². The Kier molecular flexibility index (Phi) is 14.2. The highest BCUT2D eigenvalue weighted by Crippen LogP contribution is 2.58. The third-order valence-corrected chi connectivity index (χ3v) is 16.0. The van der Waals surface area contributed by atoms with Crippen LogP contribution in [0.5, 0.6) is 0 Å². The number of fused-ring (bicyclic) bond motifs is 2. The topological polar surface area (TPSA) is 110 Å². The third kappa shape index (κ3) is 10.8. The van der Waals surface area contributed by atoms with E-state index in [2.05, 4.69) is 173 Å². The van der Waals surface area contributed by atoms with Crippen LogP contribution in [-0.4, -0.2) is 39.9 Å². The maximum absolute atomic E-state index is 5.69. The Morgan fingerprint density at radius 1 is 0.239 bits per heavy atom. The van der Waals surface area contributed by atoms with Crippen molar-refractivity contribution in [1.82, 2.24) is 39.9 Å². The SMILES string of the molecule is CC(C)(C)c1cc(-c2cc(-c3nc(-c4ccccc4)nc(-c4ccccc4)n3)cc(-c3cc(-c4ccccc4)nc(-c4ccccc4)n3)c2N2c3ccccc3N(c3nc(-c4ccccc4)nc(-c4ccccc4)n3)c3ccccc32)cc(C(C)(C)C)c1. The van der Waals surface area contributed by atoms with Crippen molar-refractivity contribution >= 4 is 34.4 Å². The quantitative estimate of drug-likeness (QED) is 0.124. The maximum Gasteiger partial charge on any atom is 0.238 e. The molecule has 0 aliphatic carbocycles. The normalized spacial score (nSPS) is 12.2. The van der Waals surface area contributed by atoms with Crippen LogP contribution >= 0.6 is 0 Å². The summed E-state index contributed by atoms with van der Waals surface area (Å²) in [7, 11) is 0. The molecule has 14 rings (SSSR count). The predicted octanol–water partition coefficient (Wildman–Crippen LogP) is 19.7. The Morgan fingerprint density at radius 2 is 0.545 bits per heavy atom. The molecule has 0 bridgehead atoms. The minimum absolute atomic E-state index is 0.228. The molecule has 4 heterocycles. The lowest BCUT2D eigenvalue weighted by Gasteiger charge is -2.41. The molecule has 1 aliphatic heterocycles. The number of benzene rings is 10. The fourth-order valence-electron chi connectivity index (χ4n) is 11.4. The summed E-state index contributed by atoms with van der Waals surface area (Å²) in [5.41, 5.74) is 16.7. The van der Waals surface area contributed by atoms with Crippen molar-refractivity contribution in [3.8, 4) is 102 Å². The van der Waals surface area contributed by atoms with E-state index < -0.39 is 0 Å². The summed E-state index contributed by atoms with van der Waals surface area (Å²) in [4.78, 5) is 47.6. The molecule has 1 aliphatic rings. The van der Waals surface area contributed by atoms with Crippen molar-refractivity contribution in [3.63, 3.8) is 0 Å². The largest absolute Gasteiger partial charge is 0.305 e. The number of nitrogens with zero attached hydrogens (tertiary/aromatic N) is 10. The van der Waals surface area contributed by atoms with E-state index in [-0.39, 0.29) is 10.8 Å². The van der Waals surface area contributed by atoms with Crippen LogP contribution in [0.1, 0.15) is 52.7 Å². The van der Waals surface area contributed by atoms with Gasteiger partial charge in [0.15, 0.2) is 34.9 Å². The lowest BCUT2D eigenvalue weighted by atomic mass is 9.78. The maximum atomic E-state index is 5.69. The molecule has 0 unspecified atom stereocenters. The molecule has 13 aromatic rings. The molecule has 10 aromatic carbocycles. The average molecular weight is 1140 g/mol. The van der Waals surface area contributed by atoms with Gasteiger partial charge in [-0.05, 0) is 70.0 Å². The van der Waals surface area contributed by atoms with Crippen LogP contribution in [0.3, 0.4) is 0 Å². The molecule has 88 heavy (non-hydrogen) atoms. The van der Waals surface area contributed by atoms with Gasteiger partial charge < -0.3 is 4.90 Å². The van der Waals surface area contributed by atoms with E-state index >= 15 is 0 Å². The van der Waals surface area contributed by atoms with Crippen LogP contribution in [0.4, 0.5) is 34.4 Å². The predicted molar refractivity (Wildman–Crippen MR) is 358 cm³/mol. The summed E-state index contributed by atoms with van der Waals surface area (Å²) in [6, 6.07) is 92.0.